The van der Waals surface area contributed by atoms with E-state index in [0.717, 1.165) is 28.2 Å². The lowest BCUT2D eigenvalue weighted by molar-refractivity contribution is -0.120. The van der Waals surface area contributed by atoms with E-state index in [-0.39, 0.29) is 5.91 Å². The summed E-state index contributed by atoms with van der Waals surface area (Å²) in [5.74, 6) is 1.68. The Morgan fingerprint density at radius 2 is 1.78 bits per heavy atom. The highest BCUT2D eigenvalue weighted by atomic mass is 16.5. The Hall–Kier alpha value is -2.49. The first kappa shape index (κ1) is 16.9. The molecule has 122 valence electrons. The fraction of sp³-hybridized carbons (Fsp3) is 0.316. The lowest BCUT2D eigenvalue weighted by Crippen LogP contribution is -2.24. The summed E-state index contributed by atoms with van der Waals surface area (Å²) in [6.07, 6.45) is 0.363. The Kier molecular flexibility index (Phi) is 6.03. The van der Waals surface area contributed by atoms with Crippen LogP contribution in [0.15, 0.2) is 42.5 Å². The van der Waals surface area contributed by atoms with Crippen LogP contribution in [-0.2, 0) is 17.8 Å². The maximum Gasteiger partial charge on any atom is 0.224 e. The van der Waals surface area contributed by atoms with E-state index in [4.69, 9.17) is 9.47 Å². The number of benzene rings is 2. The van der Waals surface area contributed by atoms with E-state index in [2.05, 4.69) is 5.32 Å². The Bertz CT molecular complexity index is 650. The van der Waals surface area contributed by atoms with Crippen LogP contribution in [0.5, 0.6) is 11.5 Å². The van der Waals surface area contributed by atoms with E-state index < -0.39 is 0 Å². The van der Waals surface area contributed by atoms with Gasteiger partial charge in [-0.1, -0.05) is 24.3 Å². The van der Waals surface area contributed by atoms with Crippen LogP contribution >= 0.6 is 0 Å². The quantitative estimate of drug-likeness (QED) is 0.853. The van der Waals surface area contributed by atoms with Crippen molar-refractivity contribution in [1.29, 1.82) is 0 Å². The third-order valence-corrected chi connectivity index (χ3v) is 3.55. The number of methoxy groups -OCH3 is 1. The molecule has 0 unspecified atom stereocenters. The minimum atomic E-state index is 0.00244. The molecule has 0 heterocycles. The number of rotatable bonds is 7. The summed E-state index contributed by atoms with van der Waals surface area (Å²) in [7, 11) is 1.65. The predicted molar refractivity (Wildman–Crippen MR) is 90.9 cm³/mol. The Morgan fingerprint density at radius 3 is 2.39 bits per heavy atom. The highest BCUT2D eigenvalue weighted by Gasteiger charge is 2.05. The highest BCUT2D eigenvalue weighted by Crippen LogP contribution is 2.18. The van der Waals surface area contributed by atoms with Crippen LogP contribution in [0, 0.1) is 6.92 Å². The second-order valence-corrected chi connectivity index (χ2v) is 5.33. The molecule has 0 saturated heterocycles. The van der Waals surface area contributed by atoms with Gasteiger partial charge in [-0.25, -0.2) is 0 Å². The molecule has 0 saturated carbocycles. The van der Waals surface area contributed by atoms with Crippen molar-refractivity contribution in [3.63, 3.8) is 0 Å². The number of aryl methyl sites for hydroxylation is 1. The molecule has 4 heteroatoms. The van der Waals surface area contributed by atoms with E-state index in [9.17, 15) is 4.79 Å². The standard InChI is InChI=1S/C19H23NO3/c1-4-23-17-8-5-15(6-9-17)12-19(21)20-13-16-7-10-18(22-3)14(2)11-16/h5-11H,4,12-13H2,1-3H3,(H,20,21). The van der Waals surface area contributed by atoms with Crippen molar-refractivity contribution in [2.24, 2.45) is 0 Å². The van der Waals surface area contributed by atoms with E-state index in [1.807, 2.05) is 56.3 Å². The zero-order valence-corrected chi connectivity index (χ0v) is 13.9. The third kappa shape index (κ3) is 5.02. The summed E-state index contributed by atoms with van der Waals surface area (Å²) in [6, 6.07) is 13.5. The topological polar surface area (TPSA) is 47.6 Å². The molecule has 23 heavy (non-hydrogen) atoms. The number of carbonyl (C=O) groups is 1. The summed E-state index contributed by atoms with van der Waals surface area (Å²) >= 11 is 0. The molecule has 4 nitrogen and oxygen atoms in total. The average Bonchev–Trinajstić information content (AvgIpc) is 2.55. The molecule has 0 aromatic heterocycles. The van der Waals surface area contributed by atoms with E-state index >= 15 is 0 Å². The molecule has 0 spiro atoms. The molecule has 0 bridgehead atoms. The molecule has 1 N–H and O–H groups in total. The number of nitrogens with one attached hydrogen (secondary N) is 1. The molecule has 0 atom stereocenters. The molecule has 0 aliphatic carbocycles. The molecule has 2 aromatic rings. The average molecular weight is 313 g/mol. The maximum atomic E-state index is 12.0. The van der Waals surface area contributed by atoms with Crippen molar-refractivity contribution in [3.05, 3.63) is 59.2 Å². The van der Waals surface area contributed by atoms with Crippen molar-refractivity contribution in [3.8, 4) is 11.5 Å². The van der Waals surface area contributed by atoms with Gasteiger partial charge in [0.05, 0.1) is 20.1 Å². The number of amides is 1. The second-order valence-electron chi connectivity index (χ2n) is 5.33. The van der Waals surface area contributed by atoms with Gasteiger partial charge in [0.25, 0.3) is 0 Å². The first-order valence-corrected chi connectivity index (χ1v) is 7.74. The highest BCUT2D eigenvalue weighted by molar-refractivity contribution is 5.78. The molecule has 0 fully saturated rings. The van der Waals surface area contributed by atoms with Crippen molar-refractivity contribution in [2.75, 3.05) is 13.7 Å². The van der Waals surface area contributed by atoms with Gasteiger partial charge < -0.3 is 14.8 Å². The van der Waals surface area contributed by atoms with Crippen LogP contribution in [0.1, 0.15) is 23.6 Å². The number of carbonyl (C=O) groups excluding carboxylic acids is 1. The van der Waals surface area contributed by atoms with Crippen LogP contribution in [-0.4, -0.2) is 19.6 Å². The molecule has 0 aliphatic rings. The monoisotopic (exact) mass is 313 g/mol. The van der Waals surface area contributed by atoms with Gasteiger partial charge in [-0.3, -0.25) is 4.79 Å². The lowest BCUT2D eigenvalue weighted by Gasteiger charge is -2.09. The van der Waals surface area contributed by atoms with Crippen molar-refractivity contribution < 1.29 is 14.3 Å². The van der Waals surface area contributed by atoms with Crippen molar-refractivity contribution in [1.82, 2.24) is 5.32 Å². The third-order valence-electron chi connectivity index (χ3n) is 3.55. The lowest BCUT2D eigenvalue weighted by atomic mass is 10.1. The number of hydrogen-bond acceptors (Lipinski definition) is 3. The molecular formula is C19H23NO3. The summed E-state index contributed by atoms with van der Waals surface area (Å²) in [6.45, 7) is 5.09. The predicted octanol–water partition coefficient (Wildman–Crippen LogP) is 3.26. The first-order valence-electron chi connectivity index (χ1n) is 7.74. The summed E-state index contributed by atoms with van der Waals surface area (Å²) in [5.41, 5.74) is 3.09. The van der Waals surface area contributed by atoms with Crippen molar-refractivity contribution in [2.45, 2.75) is 26.8 Å². The SMILES string of the molecule is CCOc1ccc(CC(=O)NCc2ccc(OC)c(C)c2)cc1. The van der Waals surface area contributed by atoms with Gasteiger partial charge in [0.15, 0.2) is 0 Å². The van der Waals surface area contributed by atoms with Gasteiger partial charge >= 0.3 is 0 Å². The van der Waals surface area contributed by atoms with Gasteiger partial charge in [-0.15, -0.1) is 0 Å². The van der Waals surface area contributed by atoms with Gasteiger partial charge in [0.1, 0.15) is 11.5 Å². The minimum absolute atomic E-state index is 0.00244. The van der Waals surface area contributed by atoms with Crippen LogP contribution in [0.3, 0.4) is 0 Å². The molecular weight excluding hydrogens is 290 g/mol. The summed E-state index contributed by atoms with van der Waals surface area (Å²) in [4.78, 5) is 12.0. The van der Waals surface area contributed by atoms with E-state index in [0.29, 0.717) is 19.6 Å². The smallest absolute Gasteiger partial charge is 0.224 e. The fourth-order valence-electron chi connectivity index (χ4n) is 2.37. The second kappa shape index (κ2) is 8.22. The number of hydrogen-bond donors (Lipinski definition) is 1. The van der Waals surface area contributed by atoms with Gasteiger partial charge in [-0.05, 0) is 48.7 Å². The molecule has 1 amide bonds. The van der Waals surface area contributed by atoms with Crippen molar-refractivity contribution >= 4 is 5.91 Å². The van der Waals surface area contributed by atoms with E-state index in [1.165, 1.54) is 0 Å². The molecule has 2 aromatic carbocycles. The zero-order chi connectivity index (χ0) is 16.7. The van der Waals surface area contributed by atoms with Crippen LogP contribution < -0.4 is 14.8 Å². The Labute approximate surface area is 137 Å². The Morgan fingerprint density at radius 1 is 1.09 bits per heavy atom. The summed E-state index contributed by atoms with van der Waals surface area (Å²) in [5, 5.41) is 2.94. The van der Waals surface area contributed by atoms with Gasteiger partial charge in [0, 0.05) is 6.54 Å². The van der Waals surface area contributed by atoms with Crippen LogP contribution in [0.2, 0.25) is 0 Å². The molecule has 2 rings (SSSR count). The zero-order valence-electron chi connectivity index (χ0n) is 13.9. The largest absolute Gasteiger partial charge is 0.496 e. The van der Waals surface area contributed by atoms with Crippen LogP contribution in [0.4, 0.5) is 0 Å². The molecule has 0 radical (unpaired) electrons. The normalized spacial score (nSPS) is 10.2. The fourth-order valence-corrected chi connectivity index (χ4v) is 2.37. The minimum Gasteiger partial charge on any atom is -0.496 e. The summed E-state index contributed by atoms with van der Waals surface area (Å²) < 4.78 is 10.6. The maximum absolute atomic E-state index is 12.0. The van der Waals surface area contributed by atoms with Gasteiger partial charge in [0.2, 0.25) is 5.91 Å². The number of ether oxygens (including phenoxy) is 2. The van der Waals surface area contributed by atoms with Crippen LogP contribution in [0.25, 0.3) is 0 Å². The first-order chi connectivity index (χ1) is 11.1. The Balaban J connectivity index is 1.86. The molecule has 0 aliphatic heterocycles. The van der Waals surface area contributed by atoms with E-state index in [1.54, 1.807) is 7.11 Å². The van der Waals surface area contributed by atoms with Gasteiger partial charge in [-0.2, -0.15) is 0 Å².